The highest BCUT2D eigenvalue weighted by atomic mass is 35.5. The zero-order valence-electron chi connectivity index (χ0n) is 22.0. The number of fused-ring (bicyclic) bond motifs is 1. The number of carbonyl (C=O) groups is 2. The van der Waals surface area contributed by atoms with Gasteiger partial charge in [-0.3, -0.25) is 14.5 Å². The van der Waals surface area contributed by atoms with E-state index in [2.05, 4.69) is 44.8 Å². The van der Waals surface area contributed by atoms with Crippen molar-refractivity contribution in [2.45, 2.75) is 38.3 Å². The molecule has 202 valence electrons. The van der Waals surface area contributed by atoms with E-state index in [1.54, 1.807) is 6.07 Å². The third-order valence-corrected chi connectivity index (χ3v) is 7.97. The fraction of sp³-hybridized carbons (Fsp3) is 0.312. The van der Waals surface area contributed by atoms with Crippen LogP contribution in [0.3, 0.4) is 0 Å². The molecular formula is C32H35ClN4O2. The van der Waals surface area contributed by atoms with Gasteiger partial charge in [-0.1, -0.05) is 78.3 Å². The van der Waals surface area contributed by atoms with Crippen LogP contribution in [0.2, 0.25) is 5.02 Å². The Balaban J connectivity index is 1.20. The number of halogens is 1. The highest BCUT2D eigenvalue weighted by Crippen LogP contribution is 2.22. The molecule has 3 N–H and O–H groups in total. The molecule has 1 unspecified atom stereocenters. The first kappa shape index (κ1) is 27.0. The van der Waals surface area contributed by atoms with Crippen molar-refractivity contribution in [3.8, 4) is 0 Å². The second kappa shape index (κ2) is 13.0. The Labute approximate surface area is 234 Å². The summed E-state index contributed by atoms with van der Waals surface area (Å²) in [5, 5.41) is 7.66. The molecule has 1 saturated heterocycles. The first-order chi connectivity index (χ1) is 19.0. The Hall–Kier alpha value is -3.61. The van der Waals surface area contributed by atoms with E-state index in [-0.39, 0.29) is 11.8 Å². The standard InChI is InChI=1S/C32H35ClN4O2/c33-28-12-6-4-10-25(28)20-35-32(39)30(19-26-21-34-29-13-7-5-11-27(26)29)36-31(38)22-37-16-14-24(15-17-37)18-23-8-2-1-3-9-23/h1-13,21,24,30,34H,14-20,22H2,(H,35,39)(H,36,38). The van der Waals surface area contributed by atoms with Crippen LogP contribution >= 0.6 is 11.6 Å². The van der Waals surface area contributed by atoms with E-state index in [1.165, 1.54) is 5.56 Å². The minimum atomic E-state index is -0.699. The molecular weight excluding hydrogens is 508 g/mol. The maximum absolute atomic E-state index is 13.3. The molecule has 4 aromatic rings. The summed E-state index contributed by atoms with van der Waals surface area (Å²) in [7, 11) is 0. The molecule has 1 fully saturated rings. The normalized spacial score (nSPS) is 15.2. The molecule has 0 radical (unpaired) electrons. The monoisotopic (exact) mass is 542 g/mol. The van der Waals surface area contributed by atoms with Crippen molar-refractivity contribution < 1.29 is 9.59 Å². The number of para-hydroxylation sites is 1. The van der Waals surface area contributed by atoms with E-state index in [0.29, 0.717) is 30.5 Å². The summed E-state index contributed by atoms with van der Waals surface area (Å²) in [6, 6.07) is 25.3. The Morgan fingerprint density at radius 2 is 1.64 bits per heavy atom. The van der Waals surface area contributed by atoms with E-state index in [4.69, 9.17) is 11.6 Å². The molecule has 0 spiro atoms. The molecule has 1 aromatic heterocycles. The number of benzene rings is 3. The quantitative estimate of drug-likeness (QED) is 0.260. The molecule has 1 aliphatic rings. The van der Waals surface area contributed by atoms with Crippen molar-refractivity contribution in [2.75, 3.05) is 19.6 Å². The van der Waals surface area contributed by atoms with Crippen molar-refractivity contribution in [1.82, 2.24) is 20.5 Å². The number of likely N-dealkylation sites (tertiary alicyclic amines) is 1. The molecule has 0 bridgehead atoms. The van der Waals surface area contributed by atoms with Gasteiger partial charge in [-0.25, -0.2) is 0 Å². The maximum atomic E-state index is 13.3. The van der Waals surface area contributed by atoms with E-state index in [9.17, 15) is 9.59 Å². The predicted molar refractivity (Wildman–Crippen MR) is 157 cm³/mol. The van der Waals surface area contributed by atoms with Gasteiger partial charge in [0.05, 0.1) is 6.54 Å². The summed E-state index contributed by atoms with van der Waals surface area (Å²) in [4.78, 5) is 32.0. The molecule has 3 aromatic carbocycles. The van der Waals surface area contributed by atoms with Gasteiger partial charge in [-0.2, -0.15) is 0 Å². The van der Waals surface area contributed by atoms with Crippen LogP contribution in [-0.4, -0.2) is 47.4 Å². The van der Waals surface area contributed by atoms with Crippen LogP contribution in [0, 0.1) is 5.92 Å². The third kappa shape index (κ3) is 7.28. The van der Waals surface area contributed by atoms with Crippen LogP contribution in [0.4, 0.5) is 0 Å². The van der Waals surface area contributed by atoms with Gasteiger partial charge in [0.1, 0.15) is 6.04 Å². The number of piperidine rings is 1. The van der Waals surface area contributed by atoms with Crippen LogP contribution in [0.15, 0.2) is 85.1 Å². The summed E-state index contributed by atoms with van der Waals surface area (Å²) in [5.74, 6) is 0.279. The first-order valence-electron chi connectivity index (χ1n) is 13.7. The molecule has 2 amide bonds. The van der Waals surface area contributed by atoms with Crippen molar-refractivity contribution in [2.24, 2.45) is 5.92 Å². The Morgan fingerprint density at radius 3 is 2.44 bits per heavy atom. The number of amides is 2. The summed E-state index contributed by atoms with van der Waals surface area (Å²) in [6.07, 6.45) is 5.53. The largest absolute Gasteiger partial charge is 0.361 e. The first-order valence-corrected chi connectivity index (χ1v) is 14.0. The number of rotatable bonds is 10. The molecule has 39 heavy (non-hydrogen) atoms. The number of H-pyrrole nitrogens is 1. The number of nitrogens with zero attached hydrogens (tertiary/aromatic N) is 1. The zero-order valence-corrected chi connectivity index (χ0v) is 22.8. The average molecular weight is 543 g/mol. The summed E-state index contributed by atoms with van der Waals surface area (Å²) < 4.78 is 0. The van der Waals surface area contributed by atoms with Crippen LogP contribution < -0.4 is 10.6 Å². The lowest BCUT2D eigenvalue weighted by atomic mass is 9.90. The Morgan fingerprint density at radius 1 is 0.923 bits per heavy atom. The lowest BCUT2D eigenvalue weighted by Gasteiger charge is -2.32. The fourth-order valence-electron chi connectivity index (χ4n) is 5.42. The number of aromatic nitrogens is 1. The Kier molecular flexibility index (Phi) is 8.96. The van der Waals surface area contributed by atoms with Gasteiger partial charge >= 0.3 is 0 Å². The smallest absolute Gasteiger partial charge is 0.243 e. The second-order valence-corrected chi connectivity index (χ2v) is 10.8. The highest BCUT2D eigenvalue weighted by Gasteiger charge is 2.25. The highest BCUT2D eigenvalue weighted by molar-refractivity contribution is 6.31. The number of hydrogen-bond donors (Lipinski definition) is 3. The maximum Gasteiger partial charge on any atom is 0.243 e. The predicted octanol–water partition coefficient (Wildman–Crippen LogP) is 5.12. The lowest BCUT2D eigenvalue weighted by Crippen LogP contribution is -2.51. The van der Waals surface area contributed by atoms with Crippen LogP contribution in [0.5, 0.6) is 0 Å². The zero-order chi connectivity index (χ0) is 27.0. The molecule has 5 rings (SSSR count). The van der Waals surface area contributed by atoms with Gasteiger partial charge in [-0.15, -0.1) is 0 Å². The van der Waals surface area contributed by atoms with Crippen LogP contribution in [-0.2, 0) is 29.0 Å². The molecule has 6 nitrogen and oxygen atoms in total. The van der Waals surface area contributed by atoms with E-state index in [0.717, 1.165) is 54.4 Å². The van der Waals surface area contributed by atoms with Crippen molar-refractivity contribution in [3.63, 3.8) is 0 Å². The van der Waals surface area contributed by atoms with Gasteiger partial charge in [0, 0.05) is 35.1 Å². The minimum Gasteiger partial charge on any atom is -0.361 e. The Bertz CT molecular complexity index is 1400. The summed E-state index contributed by atoms with van der Waals surface area (Å²) >= 11 is 6.29. The second-order valence-electron chi connectivity index (χ2n) is 10.4. The average Bonchev–Trinajstić information content (AvgIpc) is 3.36. The topological polar surface area (TPSA) is 77.2 Å². The molecule has 1 aliphatic heterocycles. The van der Waals surface area contributed by atoms with Gasteiger partial charge in [-0.05, 0) is 67.1 Å². The van der Waals surface area contributed by atoms with Gasteiger partial charge in [0.25, 0.3) is 0 Å². The minimum absolute atomic E-state index is 0.130. The van der Waals surface area contributed by atoms with Crippen molar-refractivity contribution in [3.05, 3.63) is 107 Å². The molecule has 2 heterocycles. The van der Waals surface area contributed by atoms with Crippen LogP contribution in [0.25, 0.3) is 10.9 Å². The summed E-state index contributed by atoms with van der Waals surface area (Å²) in [6.45, 7) is 2.36. The fourth-order valence-corrected chi connectivity index (χ4v) is 5.62. The van der Waals surface area contributed by atoms with Gasteiger partial charge < -0.3 is 15.6 Å². The molecule has 7 heteroatoms. The van der Waals surface area contributed by atoms with E-state index >= 15 is 0 Å². The summed E-state index contributed by atoms with van der Waals surface area (Å²) in [5.41, 5.74) is 4.21. The lowest BCUT2D eigenvalue weighted by molar-refractivity contribution is -0.129. The number of hydrogen-bond acceptors (Lipinski definition) is 3. The van der Waals surface area contributed by atoms with Crippen molar-refractivity contribution >= 4 is 34.3 Å². The number of aromatic amines is 1. The molecule has 0 saturated carbocycles. The number of nitrogens with one attached hydrogen (secondary N) is 3. The van der Waals surface area contributed by atoms with Crippen LogP contribution in [0.1, 0.15) is 29.5 Å². The van der Waals surface area contributed by atoms with Crippen molar-refractivity contribution in [1.29, 1.82) is 0 Å². The number of carbonyl (C=O) groups excluding carboxylic acids is 2. The molecule has 0 aliphatic carbocycles. The van der Waals surface area contributed by atoms with E-state index < -0.39 is 6.04 Å². The van der Waals surface area contributed by atoms with Gasteiger partial charge in [0.15, 0.2) is 0 Å². The van der Waals surface area contributed by atoms with E-state index in [1.807, 2.05) is 54.7 Å². The SMILES string of the molecule is O=C(CN1CCC(Cc2ccccc2)CC1)NC(Cc1c[nH]c2ccccc12)C(=O)NCc1ccccc1Cl. The third-order valence-electron chi connectivity index (χ3n) is 7.60. The van der Waals surface area contributed by atoms with Gasteiger partial charge in [0.2, 0.25) is 11.8 Å². The molecule has 1 atom stereocenters.